The third-order valence-electron chi connectivity index (χ3n) is 3.09. The van der Waals surface area contributed by atoms with Crippen LogP contribution in [0, 0.1) is 27.7 Å². The second-order valence-corrected chi connectivity index (χ2v) is 15.3. The average Bonchev–Trinajstić information content (AvgIpc) is 2.36. The van der Waals surface area contributed by atoms with Gasteiger partial charge in [0.05, 0.1) is 0 Å². The molecule has 1 nitrogen and oxygen atoms in total. The van der Waals surface area contributed by atoms with E-state index >= 15 is 0 Å². The summed E-state index contributed by atoms with van der Waals surface area (Å²) in [7, 11) is 0. The summed E-state index contributed by atoms with van der Waals surface area (Å²) < 4.78 is -2.55. The van der Waals surface area contributed by atoms with Gasteiger partial charge < -0.3 is 4.89 Å². The number of benzene rings is 2. The second-order valence-electron chi connectivity index (χ2n) is 5.19. The van der Waals surface area contributed by atoms with Crippen molar-refractivity contribution < 1.29 is 4.89 Å². The number of hydrogen-bond donors (Lipinski definition) is 1. The van der Waals surface area contributed by atoms with Gasteiger partial charge in [-0.1, -0.05) is 58.2 Å². The van der Waals surface area contributed by atoms with Gasteiger partial charge >= 0.3 is 0 Å². The highest BCUT2D eigenvalue weighted by Gasteiger charge is 2.19. The number of rotatable bonds is 4. The van der Waals surface area contributed by atoms with Crippen molar-refractivity contribution in [3.05, 3.63) is 58.7 Å². The Kier molecular flexibility index (Phi) is 5.61. The van der Waals surface area contributed by atoms with E-state index in [-0.39, 0.29) is 0 Å². The summed E-state index contributed by atoms with van der Waals surface area (Å²) >= 11 is 8.35. The molecule has 0 unspecified atom stereocenters. The van der Waals surface area contributed by atoms with Gasteiger partial charge in [0.2, 0.25) is 0 Å². The van der Waals surface area contributed by atoms with E-state index in [2.05, 4.69) is 64.1 Å². The van der Waals surface area contributed by atoms with Crippen LogP contribution < -0.4 is 0 Å². The molecule has 0 fully saturated rings. The van der Waals surface area contributed by atoms with Crippen LogP contribution in [0.3, 0.4) is 0 Å². The van der Waals surface area contributed by atoms with E-state index in [1.165, 1.54) is 45.0 Å². The van der Waals surface area contributed by atoms with E-state index in [1.807, 2.05) is 0 Å². The molecule has 2 aromatic carbocycles. The quantitative estimate of drug-likeness (QED) is 0.677. The molecule has 0 saturated carbocycles. The highest BCUT2D eigenvalue weighted by Crippen LogP contribution is 2.71. The standard InChI is InChI=1S/C16H19OPS3/c1-11-5-7-15(13(3)9-11)20-18(17,19)21-16-8-6-12(2)10-14(16)4/h5-10H,1-4H3,(H,17,19). The normalized spacial score (nSPS) is 11.7. The first-order chi connectivity index (χ1) is 9.77. The third-order valence-corrected chi connectivity index (χ3v) is 10.1. The Morgan fingerprint density at radius 1 is 0.810 bits per heavy atom. The lowest BCUT2D eigenvalue weighted by atomic mass is 10.2. The van der Waals surface area contributed by atoms with Gasteiger partial charge in [0.15, 0.2) is 4.67 Å². The Morgan fingerprint density at radius 3 is 1.52 bits per heavy atom. The first-order valence-corrected chi connectivity index (χ1v) is 12.2. The maximum absolute atomic E-state index is 10.7. The van der Waals surface area contributed by atoms with Crippen molar-refractivity contribution in [3.8, 4) is 0 Å². The molecule has 0 aliphatic rings. The Hall–Kier alpha value is -0.250. The van der Waals surface area contributed by atoms with Gasteiger partial charge in [0, 0.05) is 9.79 Å². The SMILES string of the molecule is Cc1ccc(SP(O)(=S)Sc2ccc(C)cc2C)c(C)c1. The van der Waals surface area contributed by atoms with Crippen LogP contribution >= 0.6 is 27.4 Å². The summed E-state index contributed by atoms with van der Waals surface area (Å²) in [5, 5.41) is 0. The Bertz CT molecular complexity index is 655. The fourth-order valence-corrected chi connectivity index (χ4v) is 9.33. The fourth-order valence-electron chi connectivity index (χ4n) is 2.07. The van der Waals surface area contributed by atoms with Gasteiger partial charge in [0.1, 0.15) is 0 Å². The van der Waals surface area contributed by atoms with E-state index in [0.717, 1.165) is 9.79 Å². The molecule has 0 atom stereocenters. The van der Waals surface area contributed by atoms with Crippen LogP contribution in [0.1, 0.15) is 22.3 Å². The van der Waals surface area contributed by atoms with Crippen LogP contribution in [0.4, 0.5) is 0 Å². The zero-order valence-electron chi connectivity index (χ0n) is 12.6. The molecular weight excluding hydrogens is 335 g/mol. The van der Waals surface area contributed by atoms with E-state index in [4.69, 9.17) is 11.8 Å². The molecule has 0 radical (unpaired) electrons. The summed E-state index contributed by atoms with van der Waals surface area (Å²) in [5.74, 6) is 0. The van der Waals surface area contributed by atoms with Crippen molar-refractivity contribution in [2.45, 2.75) is 37.5 Å². The number of hydrogen-bond acceptors (Lipinski definition) is 3. The molecule has 0 aliphatic heterocycles. The lowest BCUT2D eigenvalue weighted by molar-refractivity contribution is 0.654. The minimum Gasteiger partial charge on any atom is -0.349 e. The Morgan fingerprint density at radius 2 is 1.19 bits per heavy atom. The predicted molar refractivity (Wildman–Crippen MR) is 100 cm³/mol. The summed E-state index contributed by atoms with van der Waals surface area (Å²) in [6, 6.07) is 12.5. The van der Waals surface area contributed by atoms with Crippen LogP contribution in [-0.2, 0) is 11.8 Å². The van der Waals surface area contributed by atoms with Gasteiger partial charge in [-0.2, -0.15) is 0 Å². The van der Waals surface area contributed by atoms with Crippen molar-refractivity contribution in [2.75, 3.05) is 0 Å². The van der Waals surface area contributed by atoms with Gasteiger partial charge in [0.25, 0.3) is 0 Å². The van der Waals surface area contributed by atoms with Gasteiger partial charge in [-0.05, 0) is 62.8 Å². The zero-order chi connectivity index (χ0) is 15.6. The lowest BCUT2D eigenvalue weighted by Gasteiger charge is -2.17. The van der Waals surface area contributed by atoms with Crippen LogP contribution in [-0.4, -0.2) is 4.89 Å². The summed E-state index contributed by atoms with van der Waals surface area (Å²) in [6.07, 6.45) is 0. The molecule has 0 aliphatic carbocycles. The molecule has 0 saturated heterocycles. The molecule has 112 valence electrons. The largest absolute Gasteiger partial charge is 0.349 e. The van der Waals surface area contributed by atoms with Crippen molar-refractivity contribution in [1.82, 2.24) is 0 Å². The average molecular weight is 355 g/mol. The smallest absolute Gasteiger partial charge is 0.181 e. The molecule has 1 N–H and O–H groups in total. The predicted octanol–water partition coefficient (Wildman–Crippen LogP) is 6.02. The van der Waals surface area contributed by atoms with Crippen LogP contribution in [0.2, 0.25) is 0 Å². The van der Waals surface area contributed by atoms with Crippen molar-refractivity contribution in [1.29, 1.82) is 0 Å². The molecule has 0 aromatic heterocycles. The monoisotopic (exact) mass is 354 g/mol. The number of aryl methyl sites for hydroxylation is 4. The molecule has 2 aromatic rings. The minimum absolute atomic E-state index is 1.07. The zero-order valence-corrected chi connectivity index (χ0v) is 15.9. The molecule has 21 heavy (non-hydrogen) atoms. The van der Waals surface area contributed by atoms with Crippen LogP contribution in [0.25, 0.3) is 0 Å². The third kappa shape index (κ3) is 4.87. The van der Waals surface area contributed by atoms with Crippen molar-refractivity contribution >= 4 is 39.2 Å². The van der Waals surface area contributed by atoms with Gasteiger partial charge in [-0.15, -0.1) is 0 Å². The molecule has 0 heterocycles. The Labute approximate surface area is 140 Å². The lowest BCUT2D eigenvalue weighted by Crippen LogP contribution is -1.83. The second kappa shape index (κ2) is 6.89. The van der Waals surface area contributed by atoms with E-state index < -0.39 is 4.67 Å². The molecule has 0 bridgehead atoms. The molecule has 0 spiro atoms. The summed E-state index contributed by atoms with van der Waals surface area (Å²) in [4.78, 5) is 12.8. The minimum atomic E-state index is -2.55. The summed E-state index contributed by atoms with van der Waals surface area (Å²) in [5.41, 5.74) is 4.80. The highest BCUT2D eigenvalue weighted by atomic mass is 33.2. The maximum Gasteiger partial charge on any atom is 0.181 e. The summed E-state index contributed by atoms with van der Waals surface area (Å²) in [6.45, 7) is 8.26. The first-order valence-electron chi connectivity index (χ1n) is 6.63. The van der Waals surface area contributed by atoms with Gasteiger partial charge in [-0.3, -0.25) is 0 Å². The van der Waals surface area contributed by atoms with E-state index in [0.29, 0.717) is 0 Å². The maximum atomic E-state index is 10.7. The van der Waals surface area contributed by atoms with Gasteiger partial charge in [-0.25, -0.2) is 0 Å². The van der Waals surface area contributed by atoms with Crippen molar-refractivity contribution in [3.63, 3.8) is 0 Å². The van der Waals surface area contributed by atoms with E-state index in [1.54, 1.807) is 0 Å². The first kappa shape index (κ1) is 17.1. The molecule has 5 heteroatoms. The topological polar surface area (TPSA) is 20.2 Å². The highest BCUT2D eigenvalue weighted by molar-refractivity contribution is 8.98. The van der Waals surface area contributed by atoms with Crippen LogP contribution in [0.5, 0.6) is 0 Å². The molecule has 2 rings (SSSR count). The van der Waals surface area contributed by atoms with Crippen LogP contribution in [0.15, 0.2) is 46.2 Å². The van der Waals surface area contributed by atoms with Crippen molar-refractivity contribution in [2.24, 2.45) is 0 Å². The fraction of sp³-hybridized carbons (Fsp3) is 0.250. The molecule has 0 amide bonds. The Balaban J connectivity index is 2.20. The van der Waals surface area contributed by atoms with E-state index in [9.17, 15) is 4.89 Å². The molecular formula is C16H19OPS3.